The standard InChI is InChI=1S/C16H19NO4/c18-15(12-1-2-13-10-19-11-14(13)9-12)17-5-3-16(4-6-17)20-7-8-21-16/h1-2,9H,3-8,10-11H2. The highest BCUT2D eigenvalue weighted by atomic mass is 16.7. The van der Waals surface area contributed by atoms with E-state index >= 15 is 0 Å². The third-order valence-corrected chi connectivity index (χ3v) is 4.59. The highest BCUT2D eigenvalue weighted by molar-refractivity contribution is 5.94. The van der Waals surface area contributed by atoms with Crippen LogP contribution in [0.3, 0.4) is 0 Å². The molecule has 112 valence electrons. The second-order valence-corrected chi connectivity index (χ2v) is 5.88. The average Bonchev–Trinajstić information content (AvgIpc) is 3.16. The first kappa shape index (κ1) is 13.2. The number of benzene rings is 1. The van der Waals surface area contributed by atoms with Crippen LogP contribution in [0.25, 0.3) is 0 Å². The van der Waals surface area contributed by atoms with E-state index in [4.69, 9.17) is 14.2 Å². The van der Waals surface area contributed by atoms with Gasteiger partial charge in [-0.1, -0.05) is 6.07 Å². The number of rotatable bonds is 1. The Morgan fingerprint density at radius 1 is 1.05 bits per heavy atom. The Labute approximate surface area is 123 Å². The number of fused-ring (bicyclic) bond motifs is 1. The molecule has 21 heavy (non-hydrogen) atoms. The minimum absolute atomic E-state index is 0.0950. The molecule has 1 amide bonds. The summed E-state index contributed by atoms with van der Waals surface area (Å²) in [4.78, 5) is 14.5. The number of likely N-dealkylation sites (tertiary alicyclic amines) is 1. The van der Waals surface area contributed by atoms with Gasteiger partial charge >= 0.3 is 0 Å². The van der Waals surface area contributed by atoms with Crippen LogP contribution in [0.4, 0.5) is 0 Å². The van der Waals surface area contributed by atoms with Crippen molar-refractivity contribution in [2.75, 3.05) is 26.3 Å². The molecule has 1 spiro atoms. The van der Waals surface area contributed by atoms with Crippen LogP contribution >= 0.6 is 0 Å². The van der Waals surface area contributed by atoms with Crippen LogP contribution in [0.1, 0.15) is 34.3 Å². The molecule has 2 saturated heterocycles. The molecule has 0 atom stereocenters. The highest BCUT2D eigenvalue weighted by Crippen LogP contribution is 2.32. The van der Waals surface area contributed by atoms with E-state index in [0.29, 0.717) is 39.5 Å². The average molecular weight is 289 g/mol. The molecule has 0 unspecified atom stereocenters. The van der Waals surface area contributed by atoms with E-state index in [1.165, 1.54) is 5.56 Å². The van der Waals surface area contributed by atoms with Crippen molar-refractivity contribution in [1.82, 2.24) is 4.90 Å². The number of piperidine rings is 1. The number of carbonyl (C=O) groups excluding carboxylic acids is 1. The summed E-state index contributed by atoms with van der Waals surface area (Å²) in [6.07, 6.45) is 1.51. The van der Waals surface area contributed by atoms with Crippen molar-refractivity contribution < 1.29 is 19.0 Å². The number of nitrogens with zero attached hydrogens (tertiary/aromatic N) is 1. The van der Waals surface area contributed by atoms with Crippen LogP contribution in [0.5, 0.6) is 0 Å². The Morgan fingerprint density at radius 2 is 1.76 bits per heavy atom. The van der Waals surface area contributed by atoms with Crippen molar-refractivity contribution in [2.45, 2.75) is 31.8 Å². The van der Waals surface area contributed by atoms with Gasteiger partial charge in [0.1, 0.15) is 0 Å². The monoisotopic (exact) mass is 289 g/mol. The van der Waals surface area contributed by atoms with Gasteiger partial charge in [0.2, 0.25) is 0 Å². The Morgan fingerprint density at radius 3 is 2.52 bits per heavy atom. The van der Waals surface area contributed by atoms with Crippen LogP contribution in [0.2, 0.25) is 0 Å². The van der Waals surface area contributed by atoms with E-state index in [0.717, 1.165) is 24.0 Å². The fourth-order valence-corrected chi connectivity index (χ4v) is 3.32. The van der Waals surface area contributed by atoms with Gasteiger partial charge in [-0.05, 0) is 23.3 Å². The number of amides is 1. The maximum Gasteiger partial charge on any atom is 0.253 e. The summed E-state index contributed by atoms with van der Waals surface area (Å²) in [5, 5.41) is 0. The lowest BCUT2D eigenvalue weighted by atomic mass is 10.0. The van der Waals surface area contributed by atoms with Crippen LogP contribution in [0.15, 0.2) is 18.2 Å². The zero-order valence-corrected chi connectivity index (χ0v) is 12.0. The molecule has 2 fully saturated rings. The van der Waals surface area contributed by atoms with Crippen molar-refractivity contribution in [3.63, 3.8) is 0 Å². The van der Waals surface area contributed by atoms with E-state index in [9.17, 15) is 4.79 Å². The van der Waals surface area contributed by atoms with Gasteiger partial charge in [-0.25, -0.2) is 0 Å². The molecule has 1 aromatic carbocycles. The molecule has 3 heterocycles. The van der Waals surface area contributed by atoms with E-state index in [-0.39, 0.29) is 5.91 Å². The van der Waals surface area contributed by atoms with E-state index in [1.807, 2.05) is 23.1 Å². The normalized spacial score (nSPS) is 23.5. The van der Waals surface area contributed by atoms with Crippen molar-refractivity contribution in [1.29, 1.82) is 0 Å². The van der Waals surface area contributed by atoms with Gasteiger partial charge in [0, 0.05) is 31.5 Å². The summed E-state index contributed by atoms with van der Waals surface area (Å²) < 4.78 is 16.8. The van der Waals surface area contributed by atoms with Gasteiger partial charge in [-0.15, -0.1) is 0 Å². The molecule has 0 aliphatic carbocycles. The highest BCUT2D eigenvalue weighted by Gasteiger charge is 2.40. The molecule has 0 radical (unpaired) electrons. The molecular formula is C16H19NO4. The molecule has 3 aliphatic rings. The lowest BCUT2D eigenvalue weighted by Crippen LogP contribution is -2.47. The summed E-state index contributed by atoms with van der Waals surface area (Å²) in [6.45, 7) is 3.97. The molecule has 0 N–H and O–H groups in total. The Hall–Kier alpha value is -1.43. The van der Waals surface area contributed by atoms with Gasteiger partial charge in [-0.2, -0.15) is 0 Å². The third kappa shape index (κ3) is 2.35. The van der Waals surface area contributed by atoms with Crippen molar-refractivity contribution in [2.24, 2.45) is 0 Å². The van der Waals surface area contributed by atoms with Crippen LogP contribution < -0.4 is 0 Å². The largest absolute Gasteiger partial charge is 0.372 e. The van der Waals surface area contributed by atoms with Crippen molar-refractivity contribution in [3.05, 3.63) is 34.9 Å². The van der Waals surface area contributed by atoms with Gasteiger partial charge in [0.05, 0.1) is 26.4 Å². The topological polar surface area (TPSA) is 48.0 Å². The molecule has 0 bridgehead atoms. The molecule has 4 rings (SSSR count). The quantitative estimate of drug-likeness (QED) is 0.789. The molecule has 5 heteroatoms. The number of hydrogen-bond acceptors (Lipinski definition) is 4. The molecule has 0 aromatic heterocycles. The fourth-order valence-electron chi connectivity index (χ4n) is 3.32. The SMILES string of the molecule is O=C(c1ccc2c(c1)COC2)N1CCC2(CC1)OCCO2. The lowest BCUT2D eigenvalue weighted by Gasteiger charge is -2.37. The minimum atomic E-state index is -0.428. The van der Waals surface area contributed by atoms with Crippen LogP contribution in [-0.4, -0.2) is 42.9 Å². The minimum Gasteiger partial charge on any atom is -0.372 e. The zero-order valence-electron chi connectivity index (χ0n) is 12.0. The predicted molar refractivity (Wildman–Crippen MR) is 74.7 cm³/mol. The third-order valence-electron chi connectivity index (χ3n) is 4.59. The van der Waals surface area contributed by atoms with E-state index in [1.54, 1.807) is 0 Å². The van der Waals surface area contributed by atoms with Gasteiger partial charge < -0.3 is 19.1 Å². The zero-order chi connectivity index (χ0) is 14.3. The summed E-state index contributed by atoms with van der Waals surface area (Å²) >= 11 is 0. The summed E-state index contributed by atoms with van der Waals surface area (Å²) in [7, 11) is 0. The number of hydrogen-bond donors (Lipinski definition) is 0. The summed E-state index contributed by atoms with van der Waals surface area (Å²) in [5.41, 5.74) is 3.08. The number of carbonyl (C=O) groups is 1. The molecular weight excluding hydrogens is 270 g/mol. The maximum absolute atomic E-state index is 12.6. The summed E-state index contributed by atoms with van der Waals surface area (Å²) in [5.74, 6) is -0.333. The summed E-state index contributed by atoms with van der Waals surface area (Å²) in [6, 6.07) is 5.88. The Balaban J connectivity index is 1.46. The molecule has 5 nitrogen and oxygen atoms in total. The maximum atomic E-state index is 12.6. The first-order valence-corrected chi connectivity index (χ1v) is 7.53. The van der Waals surface area contributed by atoms with Gasteiger partial charge in [0.25, 0.3) is 5.91 Å². The second kappa shape index (κ2) is 5.09. The predicted octanol–water partition coefficient (Wildman–Crippen LogP) is 1.70. The fraction of sp³-hybridized carbons (Fsp3) is 0.562. The Bertz CT molecular complexity index is 555. The van der Waals surface area contributed by atoms with Gasteiger partial charge in [0.15, 0.2) is 5.79 Å². The molecule has 0 saturated carbocycles. The van der Waals surface area contributed by atoms with Gasteiger partial charge in [-0.3, -0.25) is 4.79 Å². The van der Waals surface area contributed by atoms with E-state index < -0.39 is 5.79 Å². The van der Waals surface area contributed by atoms with E-state index in [2.05, 4.69) is 0 Å². The Kier molecular flexibility index (Phi) is 3.21. The van der Waals surface area contributed by atoms with Crippen LogP contribution in [0, 0.1) is 0 Å². The smallest absolute Gasteiger partial charge is 0.253 e. The molecule has 3 aliphatic heterocycles. The second-order valence-electron chi connectivity index (χ2n) is 5.88. The van der Waals surface area contributed by atoms with Crippen LogP contribution in [-0.2, 0) is 27.4 Å². The van der Waals surface area contributed by atoms with Crippen molar-refractivity contribution >= 4 is 5.91 Å². The molecule has 1 aromatic rings. The lowest BCUT2D eigenvalue weighted by molar-refractivity contribution is -0.181. The first-order valence-electron chi connectivity index (χ1n) is 7.53. The number of ether oxygens (including phenoxy) is 3. The van der Waals surface area contributed by atoms with Crippen molar-refractivity contribution in [3.8, 4) is 0 Å². The first-order chi connectivity index (χ1) is 10.3.